The highest BCUT2D eigenvalue weighted by Gasteiger charge is 2.32. The maximum atomic E-state index is 13.1. The zero-order valence-corrected chi connectivity index (χ0v) is 18.6. The van der Waals surface area contributed by atoms with Gasteiger partial charge in [0, 0.05) is 37.8 Å². The number of aromatic nitrogens is 2. The Kier molecular flexibility index (Phi) is 5.53. The van der Waals surface area contributed by atoms with Gasteiger partial charge in [0.1, 0.15) is 0 Å². The van der Waals surface area contributed by atoms with Crippen LogP contribution in [-0.2, 0) is 6.54 Å². The van der Waals surface area contributed by atoms with Crippen LogP contribution in [0.25, 0.3) is 11.0 Å². The number of nitrogens with zero attached hydrogens (tertiary/aromatic N) is 4. The van der Waals surface area contributed by atoms with E-state index in [4.69, 9.17) is 0 Å². The van der Waals surface area contributed by atoms with Gasteiger partial charge in [-0.05, 0) is 74.0 Å². The first-order valence-corrected chi connectivity index (χ1v) is 11.6. The van der Waals surface area contributed by atoms with Crippen molar-refractivity contribution in [3.8, 4) is 0 Å². The van der Waals surface area contributed by atoms with Crippen LogP contribution in [0, 0.1) is 12.8 Å². The van der Waals surface area contributed by atoms with Gasteiger partial charge >= 0.3 is 0 Å². The third-order valence-electron chi connectivity index (χ3n) is 6.99. The predicted molar refractivity (Wildman–Crippen MR) is 124 cm³/mol. The molecule has 0 radical (unpaired) electrons. The molecule has 2 aliphatic heterocycles. The quantitative estimate of drug-likeness (QED) is 0.635. The average Bonchev–Trinajstić information content (AvgIpc) is 3.41. The van der Waals surface area contributed by atoms with Gasteiger partial charge in [-0.3, -0.25) is 9.69 Å². The lowest BCUT2D eigenvalue weighted by atomic mass is 9.98. The molecule has 5 rings (SSSR count). The van der Waals surface area contributed by atoms with Crippen LogP contribution in [0.5, 0.6) is 0 Å². The summed E-state index contributed by atoms with van der Waals surface area (Å²) in [7, 11) is 0. The number of hydrogen-bond donors (Lipinski definition) is 0. The second kappa shape index (κ2) is 8.46. The van der Waals surface area contributed by atoms with Crippen molar-refractivity contribution in [3.63, 3.8) is 0 Å². The number of carbonyl (C=O) groups excluding carboxylic acids is 1. The van der Waals surface area contributed by atoms with Gasteiger partial charge in [-0.15, -0.1) is 0 Å². The van der Waals surface area contributed by atoms with Crippen LogP contribution in [0.1, 0.15) is 47.7 Å². The molecule has 1 aromatic heterocycles. The molecule has 2 unspecified atom stereocenters. The maximum absolute atomic E-state index is 13.1. The monoisotopic (exact) mass is 416 g/mol. The summed E-state index contributed by atoms with van der Waals surface area (Å²) in [6, 6.07) is 15.0. The van der Waals surface area contributed by atoms with Crippen molar-refractivity contribution < 1.29 is 4.79 Å². The molecule has 1 amide bonds. The molecule has 0 bridgehead atoms. The van der Waals surface area contributed by atoms with E-state index in [9.17, 15) is 4.79 Å². The minimum atomic E-state index is 0.169. The van der Waals surface area contributed by atoms with Gasteiger partial charge in [0.15, 0.2) is 0 Å². The summed E-state index contributed by atoms with van der Waals surface area (Å²) >= 11 is 0. The third-order valence-corrected chi connectivity index (χ3v) is 6.99. The summed E-state index contributed by atoms with van der Waals surface area (Å²) in [6.45, 7) is 9.30. The fraction of sp³-hybridized carbons (Fsp3) is 0.462. The second-order valence-corrected chi connectivity index (χ2v) is 9.50. The molecular formula is C26H32N4O. The minimum absolute atomic E-state index is 0.169. The Bertz CT molecular complexity index is 1070. The van der Waals surface area contributed by atoms with Gasteiger partial charge in [0.25, 0.3) is 5.91 Å². The summed E-state index contributed by atoms with van der Waals surface area (Å²) in [5.74, 6) is 0.949. The molecule has 162 valence electrons. The van der Waals surface area contributed by atoms with E-state index in [1.807, 2.05) is 23.4 Å². The molecule has 0 aliphatic carbocycles. The summed E-state index contributed by atoms with van der Waals surface area (Å²) in [4.78, 5) is 22.2. The molecule has 3 heterocycles. The molecule has 2 aliphatic rings. The topological polar surface area (TPSA) is 41.4 Å². The Balaban J connectivity index is 1.23. The molecule has 3 aromatic rings. The zero-order valence-electron chi connectivity index (χ0n) is 18.6. The Hall–Kier alpha value is -2.66. The molecule has 5 heteroatoms. The number of rotatable bonds is 4. The number of aryl methyl sites for hydroxylation is 1. The van der Waals surface area contributed by atoms with E-state index in [0.717, 1.165) is 48.6 Å². The molecule has 0 spiro atoms. The predicted octanol–water partition coefficient (Wildman–Crippen LogP) is 4.34. The van der Waals surface area contributed by atoms with Gasteiger partial charge in [-0.1, -0.05) is 25.1 Å². The molecule has 0 saturated carbocycles. The number of carbonyl (C=O) groups is 1. The van der Waals surface area contributed by atoms with Crippen LogP contribution in [0.15, 0.2) is 48.8 Å². The Morgan fingerprint density at radius 1 is 1.06 bits per heavy atom. The van der Waals surface area contributed by atoms with Gasteiger partial charge in [0.05, 0.1) is 17.4 Å². The van der Waals surface area contributed by atoms with E-state index in [1.54, 1.807) is 0 Å². The Morgan fingerprint density at radius 2 is 1.90 bits per heavy atom. The Labute approximate surface area is 184 Å². The lowest BCUT2D eigenvalue weighted by Gasteiger charge is -2.35. The minimum Gasteiger partial charge on any atom is -0.337 e. The standard InChI is InChI=1S/C26H32N4O/c1-19-5-10-25-24(14-19)27-18-30(25)16-21-6-8-22(9-7-21)26(31)29-13-11-23(17-29)28-12-3-4-20(2)15-28/h5-10,14,18,20,23H,3-4,11-13,15-17H2,1-2H3. The van der Waals surface area contributed by atoms with Crippen molar-refractivity contribution >= 4 is 16.9 Å². The van der Waals surface area contributed by atoms with Gasteiger partial charge in [0.2, 0.25) is 0 Å². The number of hydrogen-bond acceptors (Lipinski definition) is 3. The first-order chi connectivity index (χ1) is 15.1. The lowest BCUT2D eigenvalue weighted by Crippen LogP contribution is -2.44. The van der Waals surface area contributed by atoms with Crippen molar-refractivity contribution in [2.75, 3.05) is 26.2 Å². The number of piperidine rings is 1. The first-order valence-electron chi connectivity index (χ1n) is 11.6. The van der Waals surface area contributed by atoms with Crippen LogP contribution >= 0.6 is 0 Å². The second-order valence-electron chi connectivity index (χ2n) is 9.50. The summed E-state index contributed by atoms with van der Waals surface area (Å²) in [6.07, 6.45) is 5.63. The SMILES string of the molecule is Cc1ccc2c(c1)ncn2Cc1ccc(C(=O)N2CCC(N3CCCC(C)C3)C2)cc1. The number of likely N-dealkylation sites (tertiary alicyclic amines) is 2. The third kappa shape index (κ3) is 4.24. The van der Waals surface area contributed by atoms with Crippen molar-refractivity contribution in [2.45, 2.75) is 45.7 Å². The largest absolute Gasteiger partial charge is 0.337 e. The molecule has 5 nitrogen and oxygen atoms in total. The molecule has 2 atom stereocenters. The first kappa shape index (κ1) is 20.3. The van der Waals surface area contributed by atoms with Crippen LogP contribution in [0.2, 0.25) is 0 Å². The fourth-order valence-corrected chi connectivity index (χ4v) is 5.21. The Morgan fingerprint density at radius 3 is 2.71 bits per heavy atom. The maximum Gasteiger partial charge on any atom is 0.253 e. The number of benzene rings is 2. The smallest absolute Gasteiger partial charge is 0.253 e. The highest BCUT2D eigenvalue weighted by Crippen LogP contribution is 2.24. The molecule has 2 saturated heterocycles. The lowest BCUT2D eigenvalue weighted by molar-refractivity contribution is 0.0763. The molecule has 2 aromatic carbocycles. The zero-order chi connectivity index (χ0) is 21.4. The number of imidazole rings is 1. The molecule has 31 heavy (non-hydrogen) atoms. The summed E-state index contributed by atoms with van der Waals surface area (Å²) in [5.41, 5.74) is 5.36. The van der Waals surface area contributed by atoms with Crippen LogP contribution in [-0.4, -0.2) is 57.5 Å². The van der Waals surface area contributed by atoms with E-state index in [-0.39, 0.29) is 5.91 Å². The molecular weight excluding hydrogens is 384 g/mol. The van der Waals surface area contributed by atoms with Crippen molar-refractivity contribution in [1.82, 2.24) is 19.4 Å². The average molecular weight is 417 g/mol. The fourth-order valence-electron chi connectivity index (χ4n) is 5.21. The van der Waals surface area contributed by atoms with Crippen molar-refractivity contribution in [1.29, 1.82) is 0 Å². The molecule has 2 fully saturated rings. The number of amides is 1. The number of fused-ring (bicyclic) bond motifs is 1. The van der Waals surface area contributed by atoms with E-state index >= 15 is 0 Å². The normalized spacial score (nSPS) is 22.3. The van der Waals surface area contributed by atoms with Crippen molar-refractivity contribution in [2.24, 2.45) is 5.92 Å². The van der Waals surface area contributed by atoms with Gasteiger partial charge < -0.3 is 9.47 Å². The van der Waals surface area contributed by atoms with Gasteiger partial charge in [-0.25, -0.2) is 4.98 Å². The van der Waals surface area contributed by atoms with Gasteiger partial charge in [-0.2, -0.15) is 0 Å². The highest BCUT2D eigenvalue weighted by atomic mass is 16.2. The van der Waals surface area contributed by atoms with E-state index in [2.05, 4.69) is 58.6 Å². The van der Waals surface area contributed by atoms with E-state index in [1.165, 1.54) is 37.1 Å². The van der Waals surface area contributed by atoms with Crippen LogP contribution in [0.4, 0.5) is 0 Å². The van der Waals surface area contributed by atoms with E-state index < -0.39 is 0 Å². The van der Waals surface area contributed by atoms with Crippen LogP contribution in [0.3, 0.4) is 0 Å². The summed E-state index contributed by atoms with van der Waals surface area (Å²) < 4.78 is 2.16. The highest BCUT2D eigenvalue weighted by molar-refractivity contribution is 5.94. The molecule has 0 N–H and O–H groups in total. The summed E-state index contributed by atoms with van der Waals surface area (Å²) in [5, 5.41) is 0. The van der Waals surface area contributed by atoms with E-state index in [0.29, 0.717) is 6.04 Å². The van der Waals surface area contributed by atoms with Crippen molar-refractivity contribution in [3.05, 3.63) is 65.5 Å². The van der Waals surface area contributed by atoms with Crippen LogP contribution < -0.4 is 0 Å².